The molecule has 0 radical (unpaired) electrons. The molecule has 19 heavy (non-hydrogen) atoms. The highest BCUT2D eigenvalue weighted by molar-refractivity contribution is 5.90. The van der Waals surface area contributed by atoms with E-state index in [1.807, 2.05) is 0 Å². The Morgan fingerprint density at radius 2 is 2.21 bits per heavy atom. The largest absolute Gasteiger partial charge is 0.396 e. The first-order chi connectivity index (χ1) is 9.04. The van der Waals surface area contributed by atoms with Crippen LogP contribution in [-0.4, -0.2) is 24.3 Å². The minimum absolute atomic E-state index is 0.100. The van der Waals surface area contributed by atoms with E-state index in [1.165, 1.54) is 18.2 Å². The van der Waals surface area contributed by atoms with Crippen LogP contribution in [0.15, 0.2) is 18.2 Å². The minimum Gasteiger partial charge on any atom is -0.396 e. The molecule has 0 aliphatic heterocycles. The van der Waals surface area contributed by atoms with Gasteiger partial charge in [0.05, 0.1) is 6.61 Å². The average molecular weight is 266 g/mol. The van der Waals surface area contributed by atoms with Gasteiger partial charge >= 0.3 is 6.03 Å². The summed E-state index contributed by atoms with van der Waals surface area (Å²) in [4.78, 5) is 11.8. The highest BCUT2D eigenvalue weighted by Gasteiger charge is 2.36. The first-order valence-corrected chi connectivity index (χ1v) is 6.47. The zero-order valence-electron chi connectivity index (χ0n) is 11.0. The van der Waals surface area contributed by atoms with Crippen LogP contribution >= 0.6 is 0 Å². The van der Waals surface area contributed by atoms with E-state index in [0.29, 0.717) is 17.8 Å². The lowest BCUT2D eigenvalue weighted by molar-refractivity contribution is 0.0476. The van der Waals surface area contributed by atoms with Crippen molar-refractivity contribution in [2.24, 2.45) is 5.41 Å². The van der Waals surface area contributed by atoms with E-state index in [2.05, 4.69) is 10.6 Å². The normalized spacial score (nSPS) is 16.6. The molecule has 0 saturated heterocycles. The van der Waals surface area contributed by atoms with Crippen LogP contribution in [0, 0.1) is 18.2 Å². The molecule has 0 atom stereocenters. The number of hydrogen-bond acceptors (Lipinski definition) is 2. The Labute approximate surface area is 112 Å². The number of benzene rings is 1. The van der Waals surface area contributed by atoms with Gasteiger partial charge in [0, 0.05) is 17.6 Å². The fourth-order valence-corrected chi connectivity index (χ4v) is 2.27. The Kier molecular flexibility index (Phi) is 4.04. The van der Waals surface area contributed by atoms with Crippen LogP contribution in [0.2, 0.25) is 0 Å². The molecule has 0 aromatic heterocycles. The van der Waals surface area contributed by atoms with Crippen molar-refractivity contribution in [1.82, 2.24) is 5.32 Å². The maximum atomic E-state index is 12.9. The van der Waals surface area contributed by atoms with Gasteiger partial charge in [0.25, 0.3) is 0 Å². The number of urea groups is 1. The molecular weight excluding hydrogens is 247 g/mol. The second kappa shape index (κ2) is 5.57. The molecule has 2 amide bonds. The molecule has 5 heteroatoms. The number of aryl methyl sites for hydroxylation is 1. The third-order valence-corrected chi connectivity index (χ3v) is 3.81. The summed E-state index contributed by atoms with van der Waals surface area (Å²) in [5.41, 5.74) is 1.12. The molecule has 0 bridgehead atoms. The van der Waals surface area contributed by atoms with Gasteiger partial charge in [-0.3, -0.25) is 0 Å². The van der Waals surface area contributed by atoms with Crippen molar-refractivity contribution in [2.75, 3.05) is 18.5 Å². The lowest BCUT2D eigenvalue weighted by Crippen LogP contribution is -2.45. The van der Waals surface area contributed by atoms with Gasteiger partial charge in [0.2, 0.25) is 0 Å². The molecule has 1 aromatic rings. The lowest BCUT2D eigenvalue weighted by atomic mass is 9.69. The Balaban J connectivity index is 1.87. The van der Waals surface area contributed by atoms with Crippen molar-refractivity contribution in [2.45, 2.75) is 26.2 Å². The molecule has 0 spiro atoms. The fraction of sp³-hybridized carbons (Fsp3) is 0.500. The first kappa shape index (κ1) is 13.8. The van der Waals surface area contributed by atoms with Crippen LogP contribution in [0.5, 0.6) is 0 Å². The monoisotopic (exact) mass is 266 g/mol. The second-order valence-electron chi connectivity index (χ2n) is 5.28. The van der Waals surface area contributed by atoms with Crippen LogP contribution < -0.4 is 10.6 Å². The predicted molar refractivity (Wildman–Crippen MR) is 71.5 cm³/mol. The van der Waals surface area contributed by atoms with Crippen molar-refractivity contribution < 1.29 is 14.3 Å². The summed E-state index contributed by atoms with van der Waals surface area (Å²) in [6.45, 7) is 2.30. The topological polar surface area (TPSA) is 61.4 Å². The fourth-order valence-electron chi connectivity index (χ4n) is 2.27. The van der Waals surface area contributed by atoms with Crippen LogP contribution in [0.1, 0.15) is 24.8 Å². The van der Waals surface area contributed by atoms with Gasteiger partial charge in [-0.15, -0.1) is 0 Å². The molecule has 4 nitrogen and oxygen atoms in total. The van der Waals surface area contributed by atoms with E-state index < -0.39 is 0 Å². The number of nitrogens with one attached hydrogen (secondary N) is 2. The van der Waals surface area contributed by atoms with Gasteiger partial charge in [-0.1, -0.05) is 6.42 Å². The summed E-state index contributed by atoms with van der Waals surface area (Å²) in [5.74, 6) is -0.322. The number of halogens is 1. The number of rotatable bonds is 4. The molecule has 1 aliphatic rings. The third-order valence-electron chi connectivity index (χ3n) is 3.81. The molecule has 1 aliphatic carbocycles. The maximum absolute atomic E-state index is 12.9. The number of carbonyl (C=O) groups is 1. The lowest BCUT2D eigenvalue weighted by Gasteiger charge is -2.40. The number of hydrogen-bond donors (Lipinski definition) is 3. The summed E-state index contributed by atoms with van der Waals surface area (Å²) in [6.07, 6.45) is 2.99. The van der Waals surface area contributed by atoms with Crippen molar-refractivity contribution in [3.8, 4) is 0 Å². The molecular formula is C14H19FN2O2. The van der Waals surface area contributed by atoms with E-state index in [4.69, 9.17) is 0 Å². The van der Waals surface area contributed by atoms with Crippen LogP contribution in [0.25, 0.3) is 0 Å². The summed E-state index contributed by atoms with van der Waals surface area (Å²) in [6, 6.07) is 3.89. The van der Waals surface area contributed by atoms with Gasteiger partial charge in [-0.2, -0.15) is 0 Å². The Morgan fingerprint density at radius 1 is 1.47 bits per heavy atom. The number of anilines is 1. The second-order valence-corrected chi connectivity index (χ2v) is 5.28. The highest BCUT2D eigenvalue weighted by Crippen LogP contribution is 2.39. The smallest absolute Gasteiger partial charge is 0.319 e. The van der Waals surface area contributed by atoms with Crippen molar-refractivity contribution >= 4 is 11.7 Å². The number of aliphatic hydroxyl groups excluding tert-OH is 1. The zero-order chi connectivity index (χ0) is 13.9. The summed E-state index contributed by atoms with van der Waals surface area (Å²) in [7, 11) is 0. The molecule has 1 saturated carbocycles. The molecule has 1 aromatic carbocycles. The molecule has 1 fully saturated rings. The van der Waals surface area contributed by atoms with E-state index in [1.54, 1.807) is 6.92 Å². The quantitative estimate of drug-likeness (QED) is 0.783. The van der Waals surface area contributed by atoms with Gasteiger partial charge in [-0.05, 0) is 43.5 Å². The van der Waals surface area contributed by atoms with E-state index in [0.717, 1.165) is 19.3 Å². The Morgan fingerprint density at radius 3 is 2.74 bits per heavy atom. The van der Waals surface area contributed by atoms with E-state index >= 15 is 0 Å². The van der Waals surface area contributed by atoms with Crippen LogP contribution in [0.3, 0.4) is 0 Å². The van der Waals surface area contributed by atoms with Crippen LogP contribution in [0.4, 0.5) is 14.9 Å². The van der Waals surface area contributed by atoms with E-state index in [9.17, 15) is 14.3 Å². The minimum atomic E-state index is -0.325. The predicted octanol–water partition coefficient (Wildman–Crippen LogP) is 2.42. The van der Waals surface area contributed by atoms with Crippen molar-refractivity contribution in [3.05, 3.63) is 29.6 Å². The molecule has 3 N–H and O–H groups in total. The molecule has 104 valence electrons. The van der Waals surface area contributed by atoms with Gasteiger partial charge in [-0.25, -0.2) is 9.18 Å². The third kappa shape index (κ3) is 3.23. The van der Waals surface area contributed by atoms with Crippen molar-refractivity contribution in [3.63, 3.8) is 0 Å². The maximum Gasteiger partial charge on any atom is 0.319 e. The highest BCUT2D eigenvalue weighted by atomic mass is 19.1. The van der Waals surface area contributed by atoms with Gasteiger partial charge in [0.1, 0.15) is 5.82 Å². The van der Waals surface area contributed by atoms with Crippen molar-refractivity contribution in [1.29, 1.82) is 0 Å². The van der Waals surface area contributed by atoms with E-state index in [-0.39, 0.29) is 23.9 Å². The van der Waals surface area contributed by atoms with Gasteiger partial charge in [0.15, 0.2) is 0 Å². The molecule has 0 heterocycles. The standard InChI is InChI=1S/C14H19FN2O2/c1-10-7-11(15)3-4-12(10)17-13(19)16-8-14(9-18)5-2-6-14/h3-4,7,18H,2,5-6,8-9H2,1H3,(H2,16,17,19). The SMILES string of the molecule is Cc1cc(F)ccc1NC(=O)NCC1(CO)CCC1. The molecule has 0 unspecified atom stereocenters. The summed E-state index contributed by atoms with van der Waals surface area (Å²) >= 11 is 0. The average Bonchev–Trinajstić information content (AvgIpc) is 2.32. The Bertz CT molecular complexity index is 467. The zero-order valence-corrected chi connectivity index (χ0v) is 11.0. The number of aliphatic hydroxyl groups is 1. The number of carbonyl (C=O) groups excluding carboxylic acids is 1. The summed E-state index contributed by atoms with van der Waals surface area (Å²) < 4.78 is 12.9. The summed E-state index contributed by atoms with van der Waals surface area (Å²) in [5, 5.41) is 14.7. The first-order valence-electron chi connectivity index (χ1n) is 6.47. The molecule has 2 rings (SSSR count). The number of amides is 2. The van der Waals surface area contributed by atoms with Crippen LogP contribution in [-0.2, 0) is 0 Å². The Hall–Kier alpha value is -1.62. The van der Waals surface area contributed by atoms with Gasteiger partial charge < -0.3 is 15.7 Å².